The van der Waals surface area contributed by atoms with Crippen LogP contribution in [0.15, 0.2) is 76.7 Å². The standard InChI is InChI=1S/C21H19N3O4S2/c1-29(25,26)17-10-8-16(9-11-17)19-7-4-12-24-21(19)22-20(23-24)14-15-5-3-6-18(13-15)30(2,27)28/h3-13H,14H2,1-2H3. The molecule has 0 saturated heterocycles. The third-order valence-electron chi connectivity index (χ3n) is 4.69. The Morgan fingerprint density at radius 2 is 1.53 bits per heavy atom. The number of pyridine rings is 1. The van der Waals surface area contributed by atoms with Crippen molar-refractivity contribution in [1.82, 2.24) is 14.6 Å². The number of rotatable bonds is 5. The highest BCUT2D eigenvalue weighted by molar-refractivity contribution is 7.91. The zero-order valence-corrected chi connectivity index (χ0v) is 18.0. The van der Waals surface area contributed by atoms with Crippen molar-refractivity contribution in [3.05, 3.63) is 78.2 Å². The summed E-state index contributed by atoms with van der Waals surface area (Å²) in [5, 5.41) is 4.50. The average Bonchev–Trinajstić information content (AvgIpc) is 3.09. The van der Waals surface area contributed by atoms with Gasteiger partial charge in [0.1, 0.15) is 0 Å². The van der Waals surface area contributed by atoms with Crippen LogP contribution in [0.5, 0.6) is 0 Å². The van der Waals surface area contributed by atoms with Gasteiger partial charge in [-0.2, -0.15) is 5.10 Å². The second kappa shape index (κ2) is 7.33. The van der Waals surface area contributed by atoms with Crippen LogP contribution < -0.4 is 0 Å². The van der Waals surface area contributed by atoms with Crippen molar-refractivity contribution in [1.29, 1.82) is 0 Å². The first-order valence-corrected chi connectivity index (χ1v) is 12.8. The number of fused-ring (bicyclic) bond motifs is 1. The zero-order chi connectivity index (χ0) is 21.5. The summed E-state index contributed by atoms with van der Waals surface area (Å²) in [5.41, 5.74) is 3.08. The van der Waals surface area contributed by atoms with Crippen molar-refractivity contribution in [3.63, 3.8) is 0 Å². The molecule has 0 aliphatic carbocycles. The lowest BCUT2D eigenvalue weighted by Crippen LogP contribution is -1.99. The van der Waals surface area contributed by atoms with Crippen molar-refractivity contribution < 1.29 is 16.8 Å². The number of hydrogen-bond acceptors (Lipinski definition) is 6. The van der Waals surface area contributed by atoms with Crippen molar-refractivity contribution in [3.8, 4) is 11.1 Å². The highest BCUT2D eigenvalue weighted by Gasteiger charge is 2.13. The maximum atomic E-state index is 11.8. The number of hydrogen-bond donors (Lipinski definition) is 0. The van der Waals surface area contributed by atoms with Crippen LogP contribution in [-0.2, 0) is 26.1 Å². The lowest BCUT2D eigenvalue weighted by molar-refractivity contribution is 0.600. The number of benzene rings is 2. The Kier molecular flexibility index (Phi) is 4.95. The summed E-state index contributed by atoms with van der Waals surface area (Å²) in [5.74, 6) is 0.556. The Hall–Kier alpha value is -3.04. The van der Waals surface area contributed by atoms with E-state index in [0.717, 1.165) is 16.7 Å². The first-order valence-electron chi connectivity index (χ1n) is 9.05. The van der Waals surface area contributed by atoms with E-state index in [4.69, 9.17) is 0 Å². The normalized spacial score (nSPS) is 12.3. The van der Waals surface area contributed by atoms with Gasteiger partial charge in [-0.3, -0.25) is 0 Å². The molecule has 0 aliphatic rings. The second-order valence-corrected chi connectivity index (χ2v) is 11.1. The van der Waals surface area contributed by atoms with E-state index in [-0.39, 0.29) is 9.79 Å². The Morgan fingerprint density at radius 1 is 0.833 bits per heavy atom. The Morgan fingerprint density at radius 3 is 2.20 bits per heavy atom. The molecule has 2 aromatic heterocycles. The van der Waals surface area contributed by atoms with Crippen LogP contribution in [-0.4, -0.2) is 43.9 Å². The van der Waals surface area contributed by atoms with E-state index >= 15 is 0 Å². The molecule has 0 unspecified atom stereocenters. The highest BCUT2D eigenvalue weighted by atomic mass is 32.2. The summed E-state index contributed by atoms with van der Waals surface area (Å²) >= 11 is 0. The molecular weight excluding hydrogens is 422 g/mol. The lowest BCUT2D eigenvalue weighted by Gasteiger charge is -2.04. The Bertz CT molecular complexity index is 1460. The fourth-order valence-electron chi connectivity index (χ4n) is 3.20. The van der Waals surface area contributed by atoms with Crippen molar-refractivity contribution >= 4 is 25.3 Å². The molecule has 0 spiro atoms. The van der Waals surface area contributed by atoms with Crippen LogP contribution in [0, 0.1) is 0 Å². The van der Waals surface area contributed by atoms with Crippen LogP contribution in [0.1, 0.15) is 11.4 Å². The third kappa shape index (κ3) is 4.12. The highest BCUT2D eigenvalue weighted by Crippen LogP contribution is 2.25. The van der Waals surface area contributed by atoms with Crippen molar-refractivity contribution in [2.75, 3.05) is 12.5 Å². The van der Waals surface area contributed by atoms with Gasteiger partial charge in [0.2, 0.25) is 0 Å². The lowest BCUT2D eigenvalue weighted by atomic mass is 10.1. The molecule has 0 fully saturated rings. The molecule has 0 atom stereocenters. The molecule has 2 heterocycles. The quantitative estimate of drug-likeness (QED) is 0.472. The average molecular weight is 442 g/mol. The summed E-state index contributed by atoms with van der Waals surface area (Å²) in [7, 11) is -6.55. The van der Waals surface area contributed by atoms with Gasteiger partial charge in [-0.1, -0.05) is 24.3 Å². The summed E-state index contributed by atoms with van der Waals surface area (Å²) in [6.45, 7) is 0. The summed E-state index contributed by atoms with van der Waals surface area (Å²) in [6.07, 6.45) is 4.52. The molecule has 7 nitrogen and oxygen atoms in total. The first kappa shape index (κ1) is 20.2. The van der Waals surface area contributed by atoms with Gasteiger partial charge in [-0.15, -0.1) is 0 Å². The molecule has 154 valence electrons. The third-order valence-corrected chi connectivity index (χ3v) is 6.93. The van der Waals surface area contributed by atoms with Gasteiger partial charge in [0, 0.05) is 30.7 Å². The molecule has 0 N–H and O–H groups in total. The molecule has 0 aliphatic heterocycles. The van der Waals surface area contributed by atoms with E-state index in [9.17, 15) is 16.8 Å². The topological polar surface area (TPSA) is 98.5 Å². The fourth-order valence-corrected chi connectivity index (χ4v) is 4.52. The second-order valence-electron chi connectivity index (χ2n) is 7.11. The van der Waals surface area contributed by atoms with E-state index in [1.807, 2.05) is 18.2 Å². The first-order chi connectivity index (χ1) is 14.1. The van der Waals surface area contributed by atoms with E-state index < -0.39 is 19.7 Å². The van der Waals surface area contributed by atoms with E-state index in [1.54, 1.807) is 53.2 Å². The van der Waals surface area contributed by atoms with Gasteiger partial charge >= 0.3 is 0 Å². The number of aromatic nitrogens is 3. The van der Waals surface area contributed by atoms with Crippen LogP contribution >= 0.6 is 0 Å². The molecule has 2 aromatic carbocycles. The molecule has 4 aromatic rings. The minimum atomic E-state index is -3.29. The maximum Gasteiger partial charge on any atom is 0.175 e. The molecule has 4 rings (SSSR count). The van der Waals surface area contributed by atoms with E-state index in [1.165, 1.54) is 12.5 Å². The number of nitrogens with zero attached hydrogens (tertiary/aromatic N) is 3. The molecule has 30 heavy (non-hydrogen) atoms. The molecule has 0 bridgehead atoms. The fraction of sp³-hybridized carbons (Fsp3) is 0.143. The molecule has 0 radical (unpaired) electrons. The van der Waals surface area contributed by atoms with Crippen molar-refractivity contribution in [2.45, 2.75) is 16.2 Å². The summed E-state index contributed by atoms with van der Waals surface area (Å²) < 4.78 is 48.6. The van der Waals surface area contributed by atoms with Gasteiger partial charge < -0.3 is 0 Å². The van der Waals surface area contributed by atoms with Crippen LogP contribution in [0.25, 0.3) is 16.8 Å². The van der Waals surface area contributed by atoms with Crippen LogP contribution in [0.2, 0.25) is 0 Å². The monoisotopic (exact) mass is 441 g/mol. The minimum absolute atomic E-state index is 0.256. The van der Waals surface area contributed by atoms with Gasteiger partial charge in [-0.25, -0.2) is 26.3 Å². The summed E-state index contributed by atoms with van der Waals surface area (Å²) in [4.78, 5) is 5.15. The predicted octanol–water partition coefficient (Wildman–Crippen LogP) is 2.79. The predicted molar refractivity (Wildman–Crippen MR) is 114 cm³/mol. The van der Waals surface area contributed by atoms with Crippen LogP contribution in [0.3, 0.4) is 0 Å². The maximum absolute atomic E-state index is 11.8. The molecular formula is C21H19N3O4S2. The van der Waals surface area contributed by atoms with Crippen LogP contribution in [0.4, 0.5) is 0 Å². The van der Waals surface area contributed by atoms with E-state index in [2.05, 4.69) is 10.1 Å². The van der Waals surface area contributed by atoms with E-state index in [0.29, 0.717) is 17.9 Å². The molecule has 0 saturated carbocycles. The molecule has 9 heteroatoms. The smallest absolute Gasteiger partial charge is 0.175 e. The SMILES string of the molecule is CS(=O)(=O)c1ccc(-c2cccn3nc(Cc4cccc(S(C)(=O)=O)c4)nc23)cc1. The van der Waals surface area contributed by atoms with Crippen molar-refractivity contribution in [2.24, 2.45) is 0 Å². The molecule has 0 amide bonds. The zero-order valence-electron chi connectivity index (χ0n) is 16.3. The summed E-state index contributed by atoms with van der Waals surface area (Å²) in [6, 6.07) is 17.1. The van der Waals surface area contributed by atoms with Gasteiger partial charge in [0.15, 0.2) is 31.1 Å². The van der Waals surface area contributed by atoms with Gasteiger partial charge in [0.05, 0.1) is 9.79 Å². The number of sulfone groups is 2. The van der Waals surface area contributed by atoms with Gasteiger partial charge in [0.25, 0.3) is 0 Å². The Balaban J connectivity index is 1.71. The van der Waals surface area contributed by atoms with Gasteiger partial charge in [-0.05, 0) is 47.5 Å². The minimum Gasteiger partial charge on any atom is -0.224 e. The Labute approximate surface area is 174 Å². The largest absolute Gasteiger partial charge is 0.224 e.